The van der Waals surface area contributed by atoms with Crippen LogP contribution >= 0.6 is 0 Å². The lowest BCUT2D eigenvalue weighted by molar-refractivity contribution is -0.385. The summed E-state index contributed by atoms with van der Waals surface area (Å²) in [5, 5.41) is 13.4. The predicted molar refractivity (Wildman–Crippen MR) is 94.9 cm³/mol. The number of hydrogen-bond acceptors (Lipinski definition) is 7. The molecule has 2 aromatic carbocycles. The molecule has 0 saturated heterocycles. The lowest BCUT2D eigenvalue weighted by atomic mass is 10.2. The minimum atomic E-state index is -3.01. The zero-order valence-corrected chi connectivity index (χ0v) is 15.1. The molecule has 0 radical (unpaired) electrons. The highest BCUT2D eigenvalue weighted by Crippen LogP contribution is 2.29. The predicted octanol–water partition coefficient (Wildman–Crippen LogP) is 2.68. The third-order valence-corrected chi connectivity index (χ3v) is 3.59. The molecule has 29 heavy (non-hydrogen) atoms. The highest BCUT2D eigenvalue weighted by atomic mass is 19.3. The van der Waals surface area contributed by atoms with Crippen LogP contribution in [0, 0.1) is 10.1 Å². The summed E-state index contributed by atoms with van der Waals surface area (Å²) < 4.78 is 38.7. The summed E-state index contributed by atoms with van der Waals surface area (Å²) in [7, 11) is 1.28. The van der Waals surface area contributed by atoms with Crippen molar-refractivity contribution in [2.24, 2.45) is 0 Å². The van der Waals surface area contributed by atoms with Gasteiger partial charge in [-0.15, -0.1) is 0 Å². The third-order valence-electron chi connectivity index (χ3n) is 3.59. The summed E-state index contributed by atoms with van der Waals surface area (Å²) in [6, 6.07) is 9.29. The van der Waals surface area contributed by atoms with E-state index in [2.05, 4.69) is 10.1 Å². The number of ether oxygens (including phenoxy) is 3. The van der Waals surface area contributed by atoms with Crippen LogP contribution < -0.4 is 14.8 Å². The summed E-state index contributed by atoms with van der Waals surface area (Å²) in [5.74, 6) is -1.78. The van der Waals surface area contributed by atoms with E-state index in [9.17, 15) is 28.5 Å². The molecule has 0 fully saturated rings. The monoisotopic (exact) mass is 410 g/mol. The molecule has 0 saturated carbocycles. The van der Waals surface area contributed by atoms with Gasteiger partial charge in [0.25, 0.3) is 11.6 Å². The number of benzene rings is 2. The molecule has 11 heteroatoms. The van der Waals surface area contributed by atoms with E-state index in [1.54, 1.807) is 0 Å². The molecule has 0 bridgehead atoms. The zero-order valence-electron chi connectivity index (χ0n) is 15.1. The maximum atomic E-state index is 12.3. The van der Waals surface area contributed by atoms with E-state index in [1.807, 2.05) is 0 Å². The van der Waals surface area contributed by atoms with Gasteiger partial charge >= 0.3 is 12.6 Å². The first-order valence-electron chi connectivity index (χ1n) is 8.10. The smallest absolute Gasteiger partial charge is 0.387 e. The van der Waals surface area contributed by atoms with Crippen molar-refractivity contribution >= 4 is 17.6 Å². The average Bonchev–Trinajstić information content (AvgIpc) is 2.70. The Hall–Kier alpha value is -3.76. The standard InChI is InChI=1S/C18H16F2N2O7/c1-27-15-8-11(6-7-14(15)29-18(19)20)9-21-16(23)10-28-17(24)12-4-2-3-5-13(12)22(25)26/h2-8,18H,9-10H2,1H3,(H,21,23). The van der Waals surface area contributed by atoms with Crippen molar-refractivity contribution in [3.8, 4) is 11.5 Å². The fourth-order valence-electron chi connectivity index (χ4n) is 2.28. The number of rotatable bonds is 9. The van der Waals surface area contributed by atoms with Gasteiger partial charge in [-0.2, -0.15) is 8.78 Å². The summed E-state index contributed by atoms with van der Waals surface area (Å²) >= 11 is 0. The van der Waals surface area contributed by atoms with Gasteiger partial charge in [-0.25, -0.2) is 4.79 Å². The number of halogens is 2. The Balaban J connectivity index is 1.90. The van der Waals surface area contributed by atoms with E-state index < -0.39 is 35.7 Å². The van der Waals surface area contributed by atoms with Crippen LogP contribution in [0.3, 0.4) is 0 Å². The number of amides is 1. The molecule has 0 aliphatic rings. The Morgan fingerprint density at radius 2 is 1.90 bits per heavy atom. The van der Waals surface area contributed by atoms with Crippen LogP contribution in [0.2, 0.25) is 0 Å². The van der Waals surface area contributed by atoms with E-state index in [0.717, 1.165) is 6.07 Å². The maximum Gasteiger partial charge on any atom is 0.387 e. The number of nitrogens with zero attached hydrogens (tertiary/aromatic N) is 1. The van der Waals surface area contributed by atoms with Crippen LogP contribution in [-0.2, 0) is 16.1 Å². The number of nitro groups is 1. The molecular formula is C18H16F2N2O7. The molecule has 0 heterocycles. The normalized spacial score (nSPS) is 10.3. The highest BCUT2D eigenvalue weighted by molar-refractivity contribution is 5.95. The number of carbonyl (C=O) groups is 2. The maximum absolute atomic E-state index is 12.3. The molecule has 0 unspecified atom stereocenters. The molecule has 9 nitrogen and oxygen atoms in total. The average molecular weight is 410 g/mol. The zero-order chi connectivity index (χ0) is 21.4. The van der Waals surface area contributed by atoms with Gasteiger partial charge in [-0.1, -0.05) is 18.2 Å². The van der Waals surface area contributed by atoms with Crippen molar-refractivity contribution in [2.45, 2.75) is 13.2 Å². The van der Waals surface area contributed by atoms with E-state index >= 15 is 0 Å². The Morgan fingerprint density at radius 1 is 1.17 bits per heavy atom. The van der Waals surface area contributed by atoms with Crippen molar-refractivity contribution in [2.75, 3.05) is 13.7 Å². The largest absolute Gasteiger partial charge is 0.493 e. The Kier molecular flexibility index (Phi) is 7.40. The quantitative estimate of drug-likeness (QED) is 0.384. The Labute approximate surface area is 163 Å². The molecule has 0 aliphatic heterocycles. The van der Waals surface area contributed by atoms with Crippen molar-refractivity contribution in [1.82, 2.24) is 5.32 Å². The van der Waals surface area contributed by atoms with E-state index in [-0.39, 0.29) is 23.6 Å². The molecule has 0 aromatic heterocycles. The van der Waals surface area contributed by atoms with Crippen LogP contribution in [0.1, 0.15) is 15.9 Å². The molecule has 2 aromatic rings. The van der Waals surface area contributed by atoms with Gasteiger partial charge in [0, 0.05) is 12.6 Å². The number of carbonyl (C=O) groups excluding carboxylic acids is 2. The summed E-state index contributed by atoms with van der Waals surface area (Å²) in [5.41, 5.74) is -0.192. The molecular weight excluding hydrogens is 394 g/mol. The van der Waals surface area contributed by atoms with Gasteiger partial charge in [0.05, 0.1) is 12.0 Å². The number of para-hydroxylation sites is 1. The lowest BCUT2D eigenvalue weighted by Crippen LogP contribution is -2.28. The highest BCUT2D eigenvalue weighted by Gasteiger charge is 2.21. The third kappa shape index (κ3) is 6.13. The first kappa shape index (κ1) is 21.5. The molecule has 1 N–H and O–H groups in total. The van der Waals surface area contributed by atoms with Gasteiger partial charge in [0.15, 0.2) is 18.1 Å². The first-order chi connectivity index (χ1) is 13.8. The van der Waals surface area contributed by atoms with Crippen LogP contribution in [0.25, 0.3) is 0 Å². The molecule has 0 spiro atoms. The van der Waals surface area contributed by atoms with Crippen molar-refractivity contribution in [3.05, 3.63) is 63.7 Å². The number of methoxy groups -OCH3 is 1. The van der Waals surface area contributed by atoms with Crippen molar-refractivity contribution in [3.63, 3.8) is 0 Å². The number of esters is 1. The van der Waals surface area contributed by atoms with E-state index in [1.165, 1.54) is 43.5 Å². The first-order valence-corrected chi connectivity index (χ1v) is 8.10. The number of nitro benzene ring substituents is 1. The van der Waals surface area contributed by atoms with E-state index in [0.29, 0.717) is 5.56 Å². The van der Waals surface area contributed by atoms with Gasteiger partial charge in [0.2, 0.25) is 0 Å². The lowest BCUT2D eigenvalue weighted by Gasteiger charge is -2.12. The minimum Gasteiger partial charge on any atom is -0.493 e. The summed E-state index contributed by atoms with van der Waals surface area (Å²) in [6.07, 6.45) is 0. The Morgan fingerprint density at radius 3 is 2.55 bits per heavy atom. The van der Waals surface area contributed by atoms with E-state index in [4.69, 9.17) is 9.47 Å². The number of nitrogens with one attached hydrogen (secondary N) is 1. The van der Waals surface area contributed by atoms with Crippen molar-refractivity contribution in [1.29, 1.82) is 0 Å². The molecule has 1 amide bonds. The second kappa shape index (κ2) is 9.97. The molecule has 0 atom stereocenters. The van der Waals surface area contributed by atoms with Crippen LogP contribution in [0.4, 0.5) is 14.5 Å². The summed E-state index contributed by atoms with van der Waals surface area (Å²) in [4.78, 5) is 34.0. The van der Waals surface area contributed by atoms with Crippen molar-refractivity contribution < 1.29 is 37.5 Å². The van der Waals surface area contributed by atoms with Crippen LogP contribution in [0.5, 0.6) is 11.5 Å². The Bertz CT molecular complexity index is 906. The summed E-state index contributed by atoms with van der Waals surface area (Å²) in [6.45, 7) is -3.67. The number of alkyl halides is 2. The second-order valence-corrected chi connectivity index (χ2v) is 5.49. The SMILES string of the molecule is COc1cc(CNC(=O)COC(=O)c2ccccc2[N+](=O)[O-])ccc1OC(F)F. The fourth-order valence-corrected chi connectivity index (χ4v) is 2.28. The molecule has 0 aliphatic carbocycles. The molecule has 2 rings (SSSR count). The van der Waals surface area contributed by atoms with Gasteiger partial charge in [-0.05, 0) is 23.8 Å². The minimum absolute atomic E-state index is 0.00676. The van der Waals surface area contributed by atoms with Gasteiger partial charge in [0.1, 0.15) is 5.56 Å². The van der Waals surface area contributed by atoms with Crippen LogP contribution in [0.15, 0.2) is 42.5 Å². The topological polar surface area (TPSA) is 117 Å². The number of hydrogen-bond donors (Lipinski definition) is 1. The van der Waals surface area contributed by atoms with Gasteiger partial charge in [-0.3, -0.25) is 14.9 Å². The second-order valence-electron chi connectivity index (χ2n) is 5.49. The van der Waals surface area contributed by atoms with Gasteiger partial charge < -0.3 is 19.5 Å². The van der Waals surface area contributed by atoms with Crippen LogP contribution in [-0.4, -0.2) is 37.1 Å². The molecule has 154 valence electrons. The fraction of sp³-hybridized carbons (Fsp3) is 0.222.